The Kier molecular flexibility index (Phi) is 3.96. The summed E-state index contributed by atoms with van der Waals surface area (Å²) in [7, 11) is 0. The van der Waals surface area contributed by atoms with Crippen LogP contribution in [0.1, 0.15) is 25.8 Å². The van der Waals surface area contributed by atoms with Gasteiger partial charge in [0.05, 0.1) is 5.69 Å². The monoisotopic (exact) mass is 312 g/mol. The summed E-state index contributed by atoms with van der Waals surface area (Å²) in [6, 6.07) is 3.81. The van der Waals surface area contributed by atoms with Crippen LogP contribution in [0.2, 0.25) is 0 Å². The molecule has 0 aromatic heterocycles. The highest BCUT2D eigenvalue weighted by molar-refractivity contribution is 5.90. The molecule has 0 aliphatic carbocycles. The number of nitrogen functional groups attached to an aromatic ring is 1. The number of rotatable bonds is 1. The molecular formula is C15H15F3N2O2. The first-order valence-electron chi connectivity index (χ1n) is 6.62. The summed E-state index contributed by atoms with van der Waals surface area (Å²) in [5, 5.41) is 2.23. The first-order valence-corrected chi connectivity index (χ1v) is 6.62. The standard InChI is InChI=1S/C15H15F3N2O2/c1-9(2)4-3-7-14(15(16,17)18)11-8-10(19)5-6-12(11)20-13(21)22-14/h5-6,8-9H,4,19H2,1-2H3,(H,20,21). The van der Waals surface area contributed by atoms with Crippen LogP contribution in [0.3, 0.4) is 0 Å². The average Bonchev–Trinajstić information content (AvgIpc) is 2.37. The Morgan fingerprint density at radius 2 is 2.09 bits per heavy atom. The van der Waals surface area contributed by atoms with Crippen molar-refractivity contribution in [2.24, 2.45) is 5.92 Å². The van der Waals surface area contributed by atoms with Crippen molar-refractivity contribution in [3.05, 3.63) is 23.8 Å². The Bertz CT molecular complexity index is 659. The minimum atomic E-state index is -4.89. The van der Waals surface area contributed by atoms with Gasteiger partial charge >= 0.3 is 12.3 Å². The first kappa shape index (κ1) is 16.0. The third-order valence-electron chi connectivity index (χ3n) is 3.08. The Morgan fingerprint density at radius 1 is 1.41 bits per heavy atom. The van der Waals surface area contributed by atoms with E-state index in [2.05, 4.69) is 21.9 Å². The number of hydrogen-bond acceptors (Lipinski definition) is 3. The number of alkyl halides is 3. The number of ether oxygens (including phenoxy) is 1. The lowest BCUT2D eigenvalue weighted by Crippen LogP contribution is -2.49. The van der Waals surface area contributed by atoms with Gasteiger partial charge in [-0.25, -0.2) is 4.79 Å². The van der Waals surface area contributed by atoms with Gasteiger partial charge in [0.15, 0.2) is 0 Å². The zero-order chi connectivity index (χ0) is 16.5. The maximum atomic E-state index is 13.7. The summed E-state index contributed by atoms with van der Waals surface area (Å²) >= 11 is 0. The minimum absolute atomic E-state index is 0.0124. The van der Waals surface area contributed by atoms with E-state index in [4.69, 9.17) is 5.73 Å². The predicted molar refractivity (Wildman–Crippen MR) is 75.9 cm³/mol. The van der Waals surface area contributed by atoms with Crippen LogP contribution in [-0.4, -0.2) is 12.3 Å². The van der Waals surface area contributed by atoms with E-state index in [0.717, 1.165) is 6.07 Å². The third kappa shape index (κ3) is 2.82. The fourth-order valence-corrected chi connectivity index (χ4v) is 2.05. The molecule has 0 saturated carbocycles. The summed E-state index contributed by atoms with van der Waals surface area (Å²) in [6.07, 6.45) is -5.84. The van der Waals surface area contributed by atoms with E-state index in [1.807, 2.05) is 13.8 Å². The van der Waals surface area contributed by atoms with Gasteiger partial charge in [0, 0.05) is 17.7 Å². The topological polar surface area (TPSA) is 64.3 Å². The molecule has 1 amide bonds. The molecule has 0 radical (unpaired) electrons. The number of nitrogens with one attached hydrogen (secondary N) is 1. The van der Waals surface area contributed by atoms with E-state index in [9.17, 15) is 18.0 Å². The first-order chi connectivity index (χ1) is 10.2. The van der Waals surface area contributed by atoms with Gasteiger partial charge in [-0.15, -0.1) is 0 Å². The van der Waals surface area contributed by atoms with Crippen LogP contribution in [0.4, 0.5) is 29.3 Å². The van der Waals surface area contributed by atoms with Crippen molar-refractivity contribution in [3.8, 4) is 11.8 Å². The Morgan fingerprint density at radius 3 is 2.68 bits per heavy atom. The summed E-state index contributed by atoms with van der Waals surface area (Å²) < 4.78 is 45.6. The van der Waals surface area contributed by atoms with E-state index in [0.29, 0.717) is 0 Å². The van der Waals surface area contributed by atoms with Crippen LogP contribution in [-0.2, 0) is 10.3 Å². The molecule has 1 aliphatic rings. The predicted octanol–water partition coefficient (Wildman–Crippen LogP) is 3.64. The van der Waals surface area contributed by atoms with Crippen molar-refractivity contribution < 1.29 is 22.7 Å². The third-order valence-corrected chi connectivity index (χ3v) is 3.08. The Balaban J connectivity index is 2.65. The van der Waals surface area contributed by atoms with Crippen molar-refractivity contribution in [2.75, 3.05) is 11.1 Å². The highest BCUT2D eigenvalue weighted by Crippen LogP contribution is 2.47. The molecule has 0 fully saturated rings. The second-order valence-corrected chi connectivity index (χ2v) is 5.40. The molecule has 118 valence electrons. The maximum Gasteiger partial charge on any atom is 0.445 e. The van der Waals surface area contributed by atoms with Crippen LogP contribution in [0.5, 0.6) is 0 Å². The average molecular weight is 312 g/mol. The summed E-state index contributed by atoms with van der Waals surface area (Å²) in [5.74, 6) is 4.67. The summed E-state index contributed by atoms with van der Waals surface area (Å²) in [6.45, 7) is 3.66. The molecule has 1 aliphatic heterocycles. The van der Waals surface area contributed by atoms with Gasteiger partial charge in [-0.3, -0.25) is 5.32 Å². The number of cyclic esters (lactones) is 1. The number of fused-ring (bicyclic) bond motifs is 1. The molecule has 7 heteroatoms. The van der Waals surface area contributed by atoms with E-state index in [1.54, 1.807) is 0 Å². The summed E-state index contributed by atoms with van der Waals surface area (Å²) in [5.41, 5.74) is 2.37. The molecule has 1 atom stereocenters. The number of nitrogens with two attached hydrogens (primary N) is 1. The largest absolute Gasteiger partial charge is 0.445 e. The molecular weight excluding hydrogens is 297 g/mol. The normalized spacial score (nSPS) is 20.5. The Hall–Kier alpha value is -2.36. The molecule has 0 bridgehead atoms. The smallest absolute Gasteiger partial charge is 0.415 e. The van der Waals surface area contributed by atoms with E-state index < -0.39 is 17.9 Å². The number of carbonyl (C=O) groups excluding carboxylic acids is 1. The van der Waals surface area contributed by atoms with Crippen molar-refractivity contribution >= 4 is 17.5 Å². The van der Waals surface area contributed by atoms with Crippen molar-refractivity contribution in [2.45, 2.75) is 32.0 Å². The van der Waals surface area contributed by atoms with Gasteiger partial charge < -0.3 is 10.5 Å². The van der Waals surface area contributed by atoms with Crippen LogP contribution >= 0.6 is 0 Å². The molecule has 1 aromatic carbocycles. The van der Waals surface area contributed by atoms with Gasteiger partial charge in [-0.2, -0.15) is 13.2 Å². The fraction of sp³-hybridized carbons (Fsp3) is 0.400. The molecule has 4 nitrogen and oxygen atoms in total. The van der Waals surface area contributed by atoms with Crippen LogP contribution in [0, 0.1) is 17.8 Å². The molecule has 22 heavy (non-hydrogen) atoms. The summed E-state index contributed by atoms with van der Waals surface area (Å²) in [4.78, 5) is 11.5. The number of halogens is 3. The van der Waals surface area contributed by atoms with Crippen molar-refractivity contribution in [1.29, 1.82) is 0 Å². The number of anilines is 2. The second-order valence-electron chi connectivity index (χ2n) is 5.40. The molecule has 1 aromatic rings. The SMILES string of the molecule is CC(C)CC#CC1(C(F)(F)F)OC(=O)Nc2ccc(N)cc21. The zero-order valence-corrected chi connectivity index (χ0v) is 12.0. The number of hydrogen-bond donors (Lipinski definition) is 2. The van der Waals surface area contributed by atoms with Crippen LogP contribution < -0.4 is 11.1 Å². The molecule has 1 unspecified atom stereocenters. The molecule has 0 saturated heterocycles. The lowest BCUT2D eigenvalue weighted by molar-refractivity contribution is -0.239. The quantitative estimate of drug-likeness (QED) is 0.614. The molecule has 3 N–H and O–H groups in total. The van der Waals surface area contributed by atoms with E-state index in [1.165, 1.54) is 12.1 Å². The lowest BCUT2D eigenvalue weighted by Gasteiger charge is -2.35. The number of benzene rings is 1. The van der Waals surface area contributed by atoms with Gasteiger partial charge in [0.25, 0.3) is 5.60 Å². The number of amides is 1. The van der Waals surface area contributed by atoms with Gasteiger partial charge in [0.2, 0.25) is 0 Å². The second kappa shape index (κ2) is 5.44. The van der Waals surface area contributed by atoms with Crippen molar-refractivity contribution in [1.82, 2.24) is 0 Å². The highest BCUT2D eigenvalue weighted by Gasteiger charge is 2.61. The zero-order valence-electron chi connectivity index (χ0n) is 12.0. The minimum Gasteiger partial charge on any atom is -0.415 e. The van der Waals surface area contributed by atoms with Crippen LogP contribution in [0.25, 0.3) is 0 Å². The molecule has 2 rings (SSSR count). The highest BCUT2D eigenvalue weighted by atomic mass is 19.4. The van der Waals surface area contributed by atoms with Crippen molar-refractivity contribution in [3.63, 3.8) is 0 Å². The van der Waals surface area contributed by atoms with E-state index >= 15 is 0 Å². The fourth-order valence-electron chi connectivity index (χ4n) is 2.05. The van der Waals surface area contributed by atoms with Gasteiger partial charge in [-0.05, 0) is 30.0 Å². The van der Waals surface area contributed by atoms with Crippen LogP contribution in [0.15, 0.2) is 18.2 Å². The number of carbonyl (C=O) groups is 1. The van der Waals surface area contributed by atoms with E-state index in [-0.39, 0.29) is 29.3 Å². The lowest BCUT2D eigenvalue weighted by atomic mass is 9.89. The molecule has 1 heterocycles. The van der Waals surface area contributed by atoms with Gasteiger partial charge in [0.1, 0.15) is 0 Å². The molecule has 0 spiro atoms. The maximum absolute atomic E-state index is 13.7. The van der Waals surface area contributed by atoms with Gasteiger partial charge in [-0.1, -0.05) is 19.8 Å². The Labute approximate surface area is 125 Å².